The molecule has 0 aromatic carbocycles. The molecule has 4 unspecified atom stereocenters. The zero-order valence-electron chi connectivity index (χ0n) is 60.2. The SMILES string of the molecule is CCC(C)CCCCCCCCCCCCCCCCCCCCC(=O)OC[C@H](COP(=O)(O)OC[C@@H](O)COP(=O)(O)OC[C@@H](COC(=O)CCCCCCCCC(C)CC)OC(=O)CCCCCCCCCC(C)C)OC(=O)CCCCCCCCCC(C)C. The lowest BCUT2D eigenvalue weighted by atomic mass is 9.99. The normalized spacial score (nSPS) is 14.8. The summed E-state index contributed by atoms with van der Waals surface area (Å²) in [6.45, 7) is 14.1. The maximum atomic E-state index is 13.0. The third-order valence-electron chi connectivity index (χ3n) is 17.5. The third-order valence-corrected chi connectivity index (χ3v) is 19.4. The molecule has 0 rings (SSSR count). The van der Waals surface area contributed by atoms with Gasteiger partial charge in [-0.3, -0.25) is 37.3 Å². The van der Waals surface area contributed by atoms with Crippen LogP contribution < -0.4 is 0 Å². The molecule has 0 saturated carbocycles. The van der Waals surface area contributed by atoms with Gasteiger partial charge in [0.2, 0.25) is 0 Å². The minimum atomic E-state index is -4.95. The molecule has 0 aromatic rings. The summed E-state index contributed by atoms with van der Waals surface area (Å²) in [5.41, 5.74) is 0. The van der Waals surface area contributed by atoms with E-state index in [1.807, 2.05) is 0 Å². The number of unbranched alkanes of at least 4 members (excludes halogenated alkanes) is 34. The summed E-state index contributed by atoms with van der Waals surface area (Å²) >= 11 is 0. The zero-order chi connectivity index (χ0) is 68.2. The summed E-state index contributed by atoms with van der Waals surface area (Å²) < 4.78 is 68.3. The van der Waals surface area contributed by atoms with Gasteiger partial charge in [-0.1, -0.05) is 312 Å². The Balaban J connectivity index is 5.11. The van der Waals surface area contributed by atoms with E-state index in [0.29, 0.717) is 37.5 Å². The van der Waals surface area contributed by atoms with Gasteiger partial charge < -0.3 is 33.8 Å². The highest BCUT2D eigenvalue weighted by Gasteiger charge is 2.30. The number of hydrogen-bond donors (Lipinski definition) is 3. The van der Waals surface area contributed by atoms with Gasteiger partial charge in [-0.05, 0) is 49.4 Å². The smallest absolute Gasteiger partial charge is 0.462 e. The number of phosphoric acid groups is 2. The van der Waals surface area contributed by atoms with Crippen LogP contribution in [0, 0.1) is 23.7 Å². The Labute approximate surface area is 562 Å². The number of carbonyl (C=O) groups is 4. The summed E-state index contributed by atoms with van der Waals surface area (Å²) in [5.74, 6) is 0.863. The average Bonchev–Trinajstić information content (AvgIpc) is 2.90. The fourth-order valence-electron chi connectivity index (χ4n) is 11.0. The molecule has 0 aliphatic heterocycles. The first-order chi connectivity index (χ1) is 44.2. The van der Waals surface area contributed by atoms with Crippen LogP contribution in [0.1, 0.15) is 364 Å². The lowest BCUT2D eigenvalue weighted by Gasteiger charge is -2.21. The molecule has 546 valence electrons. The molecule has 0 saturated heterocycles. The largest absolute Gasteiger partial charge is 0.472 e. The first-order valence-corrected chi connectivity index (χ1v) is 40.8. The van der Waals surface area contributed by atoms with E-state index in [0.717, 1.165) is 108 Å². The highest BCUT2D eigenvalue weighted by molar-refractivity contribution is 7.47. The summed E-state index contributed by atoms with van der Waals surface area (Å²) in [7, 11) is -9.90. The van der Waals surface area contributed by atoms with Crippen LogP contribution in [0.15, 0.2) is 0 Å². The van der Waals surface area contributed by atoms with Crippen molar-refractivity contribution in [2.24, 2.45) is 23.7 Å². The van der Waals surface area contributed by atoms with Gasteiger partial charge in [-0.15, -0.1) is 0 Å². The van der Waals surface area contributed by atoms with Crippen molar-refractivity contribution < 1.29 is 80.2 Å². The molecule has 0 spiro atoms. The van der Waals surface area contributed by atoms with Gasteiger partial charge in [-0.2, -0.15) is 0 Å². The van der Waals surface area contributed by atoms with Gasteiger partial charge in [0.05, 0.1) is 26.4 Å². The van der Waals surface area contributed by atoms with Gasteiger partial charge in [0.15, 0.2) is 12.2 Å². The lowest BCUT2D eigenvalue weighted by molar-refractivity contribution is -0.161. The quantitative estimate of drug-likeness (QED) is 0.0222. The Morgan fingerprint density at radius 3 is 0.772 bits per heavy atom. The zero-order valence-corrected chi connectivity index (χ0v) is 62.0. The predicted octanol–water partition coefficient (Wildman–Crippen LogP) is 20.9. The van der Waals surface area contributed by atoms with Crippen molar-refractivity contribution in [1.82, 2.24) is 0 Å². The van der Waals surface area contributed by atoms with Gasteiger partial charge in [0.25, 0.3) is 0 Å². The van der Waals surface area contributed by atoms with Crippen LogP contribution in [0.5, 0.6) is 0 Å². The molecule has 0 bridgehead atoms. The molecular formula is C73H142O17P2. The average molecular weight is 1350 g/mol. The van der Waals surface area contributed by atoms with E-state index in [1.54, 1.807) is 0 Å². The molecule has 0 aliphatic carbocycles. The van der Waals surface area contributed by atoms with E-state index >= 15 is 0 Å². The number of esters is 4. The third kappa shape index (κ3) is 64.1. The maximum Gasteiger partial charge on any atom is 0.472 e. The van der Waals surface area contributed by atoms with Crippen molar-refractivity contribution in [1.29, 1.82) is 0 Å². The number of rotatable bonds is 70. The Bertz CT molecular complexity index is 1820. The van der Waals surface area contributed by atoms with Crippen molar-refractivity contribution in [2.75, 3.05) is 39.6 Å². The number of aliphatic hydroxyl groups is 1. The molecule has 0 heterocycles. The molecule has 0 amide bonds. The summed E-state index contributed by atoms with van der Waals surface area (Å²) in [6, 6.07) is 0. The first-order valence-electron chi connectivity index (χ1n) is 37.8. The molecule has 0 aromatic heterocycles. The van der Waals surface area contributed by atoms with Crippen LogP contribution in [0.2, 0.25) is 0 Å². The molecule has 0 radical (unpaired) electrons. The number of phosphoric ester groups is 2. The molecule has 92 heavy (non-hydrogen) atoms. The molecule has 0 fully saturated rings. The lowest BCUT2D eigenvalue weighted by Crippen LogP contribution is -2.30. The van der Waals surface area contributed by atoms with E-state index in [2.05, 4.69) is 55.4 Å². The Kier molecular flexibility index (Phi) is 61.3. The van der Waals surface area contributed by atoms with Crippen LogP contribution in [-0.4, -0.2) is 96.7 Å². The Morgan fingerprint density at radius 1 is 0.304 bits per heavy atom. The standard InChI is InChI=1S/C73H142O17P2/c1-9-65(7)51-43-35-27-21-19-17-15-13-11-12-14-16-18-20-22-28-37-45-53-70(75)83-59-68(89-72(77)55-47-39-29-23-25-33-41-49-63(3)4)61-87-91(79,80)85-57-67(74)58-86-92(81,82)88-62-69(90-73(78)56-48-40-30-24-26-34-42-50-64(5)6)60-84-71(76)54-46-38-32-31-36-44-52-66(8)10-2/h63-69,74H,9-62H2,1-8H3,(H,79,80)(H,81,82)/t65?,66?,67-,68-,69-/m1/s1. The minimum absolute atomic E-state index is 0.102. The second-order valence-electron chi connectivity index (χ2n) is 27.8. The summed E-state index contributed by atoms with van der Waals surface area (Å²) in [6.07, 6.45) is 46.2. The van der Waals surface area contributed by atoms with Crippen LogP contribution in [0.4, 0.5) is 0 Å². The molecule has 3 N–H and O–H groups in total. The number of aliphatic hydroxyl groups excluding tert-OH is 1. The van der Waals surface area contributed by atoms with Crippen molar-refractivity contribution in [3.8, 4) is 0 Å². The second-order valence-corrected chi connectivity index (χ2v) is 30.7. The van der Waals surface area contributed by atoms with Crippen molar-refractivity contribution in [2.45, 2.75) is 382 Å². The maximum absolute atomic E-state index is 13.0. The van der Waals surface area contributed by atoms with Crippen molar-refractivity contribution in [3.63, 3.8) is 0 Å². The van der Waals surface area contributed by atoms with Crippen molar-refractivity contribution >= 4 is 39.5 Å². The Hall–Kier alpha value is -1.94. The summed E-state index contributed by atoms with van der Waals surface area (Å²) in [4.78, 5) is 72.5. The first kappa shape index (κ1) is 90.1. The highest BCUT2D eigenvalue weighted by Crippen LogP contribution is 2.45. The van der Waals surface area contributed by atoms with Crippen molar-refractivity contribution in [3.05, 3.63) is 0 Å². The van der Waals surface area contributed by atoms with Crippen LogP contribution in [0.3, 0.4) is 0 Å². The molecule has 7 atom stereocenters. The van der Waals surface area contributed by atoms with Gasteiger partial charge in [-0.25, -0.2) is 9.13 Å². The highest BCUT2D eigenvalue weighted by atomic mass is 31.2. The molecular weight excluding hydrogens is 1210 g/mol. The van der Waals surface area contributed by atoms with E-state index in [4.69, 9.17) is 37.0 Å². The predicted molar refractivity (Wildman–Crippen MR) is 372 cm³/mol. The number of carbonyl (C=O) groups excluding carboxylic acids is 4. The number of ether oxygens (including phenoxy) is 4. The monoisotopic (exact) mass is 1350 g/mol. The fourth-order valence-corrected chi connectivity index (χ4v) is 12.5. The van der Waals surface area contributed by atoms with E-state index in [-0.39, 0.29) is 25.7 Å². The fraction of sp³-hybridized carbons (Fsp3) is 0.945. The topological polar surface area (TPSA) is 237 Å². The number of hydrogen-bond acceptors (Lipinski definition) is 15. The Morgan fingerprint density at radius 2 is 0.522 bits per heavy atom. The minimum Gasteiger partial charge on any atom is -0.462 e. The summed E-state index contributed by atoms with van der Waals surface area (Å²) in [5, 5.41) is 10.6. The van der Waals surface area contributed by atoms with E-state index in [1.165, 1.54) is 161 Å². The van der Waals surface area contributed by atoms with E-state index in [9.17, 15) is 43.2 Å². The van der Waals surface area contributed by atoms with Gasteiger partial charge in [0, 0.05) is 25.7 Å². The molecule has 17 nitrogen and oxygen atoms in total. The van der Waals surface area contributed by atoms with E-state index < -0.39 is 97.5 Å². The van der Waals surface area contributed by atoms with Crippen LogP contribution in [-0.2, 0) is 65.4 Å². The second kappa shape index (κ2) is 62.6. The van der Waals surface area contributed by atoms with Gasteiger partial charge in [0.1, 0.15) is 19.3 Å². The molecule has 19 heteroatoms. The molecule has 0 aliphatic rings. The van der Waals surface area contributed by atoms with Crippen LogP contribution in [0.25, 0.3) is 0 Å². The van der Waals surface area contributed by atoms with Gasteiger partial charge >= 0.3 is 39.5 Å². The van der Waals surface area contributed by atoms with Crippen LogP contribution >= 0.6 is 15.6 Å².